The van der Waals surface area contributed by atoms with Crippen LogP contribution in [0.3, 0.4) is 0 Å². The number of rotatable bonds is 11. The molecule has 0 aliphatic rings. The van der Waals surface area contributed by atoms with Gasteiger partial charge < -0.3 is 25.2 Å². The summed E-state index contributed by atoms with van der Waals surface area (Å²) < 4.78 is 11.2. The highest BCUT2D eigenvalue weighted by atomic mass is 16.5. The first-order chi connectivity index (χ1) is 18.6. The largest absolute Gasteiger partial charge is 0.489 e. The molecule has 4 aromatic carbocycles. The van der Waals surface area contributed by atoms with Crippen LogP contribution in [-0.4, -0.2) is 17.1 Å². The van der Waals surface area contributed by atoms with Gasteiger partial charge in [-0.15, -0.1) is 0 Å². The summed E-state index contributed by atoms with van der Waals surface area (Å²) in [5, 5.41) is 14.9. The van der Waals surface area contributed by atoms with Crippen LogP contribution in [0.1, 0.15) is 33.9 Å². The standard InChI is InChI=1S/C31H30N2O5/c34-20-26-13-7-12-25(18-26)19-32-30(35)29(33-31(36)38-22-24-10-5-2-6-11-24)27-14-16-28(17-15-27)37-21-23-8-3-1-4-9-23/h1-18,29,34H,19-22H2,(H,32,35)(H,33,36)/t29-/m0/s1. The average molecular weight is 511 g/mol. The Kier molecular flexibility index (Phi) is 9.48. The highest BCUT2D eigenvalue weighted by Crippen LogP contribution is 2.20. The first-order valence-corrected chi connectivity index (χ1v) is 12.3. The zero-order valence-corrected chi connectivity index (χ0v) is 20.9. The Bertz CT molecular complexity index is 1310. The Morgan fingerprint density at radius 1 is 0.711 bits per heavy atom. The molecule has 0 saturated heterocycles. The smallest absolute Gasteiger partial charge is 0.408 e. The summed E-state index contributed by atoms with van der Waals surface area (Å²) in [7, 11) is 0. The predicted octanol–water partition coefficient (Wildman–Crippen LogP) is 5.04. The van der Waals surface area contributed by atoms with Crippen LogP contribution in [0, 0.1) is 0 Å². The summed E-state index contributed by atoms with van der Waals surface area (Å²) in [6.45, 7) is 0.655. The number of hydrogen-bond donors (Lipinski definition) is 3. The highest BCUT2D eigenvalue weighted by Gasteiger charge is 2.23. The van der Waals surface area contributed by atoms with E-state index in [1.807, 2.05) is 78.9 Å². The first-order valence-electron chi connectivity index (χ1n) is 12.3. The number of carbonyl (C=O) groups is 2. The van der Waals surface area contributed by atoms with Gasteiger partial charge in [-0.25, -0.2) is 4.79 Å². The second kappa shape index (κ2) is 13.6. The summed E-state index contributed by atoms with van der Waals surface area (Å²) >= 11 is 0. The van der Waals surface area contributed by atoms with Crippen LogP contribution >= 0.6 is 0 Å². The molecular weight excluding hydrogens is 480 g/mol. The second-order valence-electron chi connectivity index (χ2n) is 8.68. The third-order valence-electron chi connectivity index (χ3n) is 5.84. The molecule has 7 heteroatoms. The number of ether oxygens (including phenoxy) is 2. The van der Waals surface area contributed by atoms with E-state index < -0.39 is 18.0 Å². The molecule has 0 unspecified atom stereocenters. The number of aliphatic hydroxyl groups is 1. The number of amides is 2. The van der Waals surface area contributed by atoms with Crippen molar-refractivity contribution in [3.05, 3.63) is 137 Å². The number of benzene rings is 4. The van der Waals surface area contributed by atoms with E-state index in [9.17, 15) is 14.7 Å². The molecule has 3 N–H and O–H groups in total. The lowest BCUT2D eigenvalue weighted by Gasteiger charge is -2.19. The van der Waals surface area contributed by atoms with Gasteiger partial charge in [-0.3, -0.25) is 4.79 Å². The van der Waals surface area contributed by atoms with Gasteiger partial charge in [-0.05, 0) is 39.9 Å². The normalized spacial score (nSPS) is 11.3. The molecule has 2 amide bonds. The monoisotopic (exact) mass is 510 g/mol. The maximum absolute atomic E-state index is 13.2. The molecule has 0 bridgehead atoms. The van der Waals surface area contributed by atoms with E-state index in [0.29, 0.717) is 17.9 Å². The van der Waals surface area contributed by atoms with Crippen LogP contribution in [0.5, 0.6) is 5.75 Å². The number of carbonyl (C=O) groups excluding carboxylic acids is 2. The molecule has 0 saturated carbocycles. The van der Waals surface area contributed by atoms with Crippen molar-refractivity contribution in [1.29, 1.82) is 0 Å². The zero-order chi connectivity index (χ0) is 26.6. The second-order valence-corrected chi connectivity index (χ2v) is 8.68. The third-order valence-corrected chi connectivity index (χ3v) is 5.84. The van der Waals surface area contributed by atoms with Crippen molar-refractivity contribution in [2.24, 2.45) is 0 Å². The Balaban J connectivity index is 1.43. The summed E-state index contributed by atoms with van der Waals surface area (Å²) in [5.41, 5.74) is 4.05. The summed E-state index contributed by atoms with van der Waals surface area (Å²) in [4.78, 5) is 25.8. The molecule has 0 radical (unpaired) electrons. The molecule has 4 rings (SSSR count). The number of hydrogen-bond acceptors (Lipinski definition) is 5. The minimum absolute atomic E-state index is 0.0846. The van der Waals surface area contributed by atoms with Crippen molar-refractivity contribution < 1.29 is 24.2 Å². The molecule has 0 fully saturated rings. The molecule has 0 aliphatic carbocycles. The third kappa shape index (κ3) is 7.94. The molecule has 0 aromatic heterocycles. The Morgan fingerprint density at radius 2 is 1.32 bits per heavy atom. The van der Waals surface area contributed by atoms with Crippen molar-refractivity contribution in [1.82, 2.24) is 10.6 Å². The van der Waals surface area contributed by atoms with E-state index in [1.165, 1.54) is 0 Å². The average Bonchev–Trinajstić information content (AvgIpc) is 2.98. The van der Waals surface area contributed by atoms with Gasteiger partial charge >= 0.3 is 6.09 Å². The van der Waals surface area contributed by atoms with E-state index in [-0.39, 0.29) is 19.8 Å². The Morgan fingerprint density at radius 3 is 1.97 bits per heavy atom. The van der Waals surface area contributed by atoms with Crippen molar-refractivity contribution in [3.63, 3.8) is 0 Å². The zero-order valence-electron chi connectivity index (χ0n) is 20.9. The summed E-state index contributed by atoms with van der Waals surface area (Å²) in [6.07, 6.45) is -0.708. The van der Waals surface area contributed by atoms with Gasteiger partial charge in [-0.1, -0.05) is 97.1 Å². The minimum Gasteiger partial charge on any atom is -0.489 e. The molecule has 38 heavy (non-hydrogen) atoms. The lowest BCUT2D eigenvalue weighted by Crippen LogP contribution is -2.40. The Labute approximate surface area is 222 Å². The fraction of sp³-hybridized carbons (Fsp3) is 0.161. The highest BCUT2D eigenvalue weighted by molar-refractivity contribution is 5.86. The van der Waals surface area contributed by atoms with Gasteiger partial charge in [0.15, 0.2) is 0 Å². The minimum atomic E-state index is -0.984. The van der Waals surface area contributed by atoms with Crippen LogP contribution < -0.4 is 15.4 Å². The van der Waals surface area contributed by atoms with Gasteiger partial charge in [0.2, 0.25) is 5.91 Å². The van der Waals surface area contributed by atoms with Crippen molar-refractivity contribution >= 4 is 12.0 Å². The molecule has 0 spiro atoms. The maximum atomic E-state index is 13.2. The van der Waals surface area contributed by atoms with Gasteiger partial charge in [0.25, 0.3) is 0 Å². The quantitative estimate of drug-likeness (QED) is 0.263. The van der Waals surface area contributed by atoms with Crippen LogP contribution in [0.2, 0.25) is 0 Å². The maximum Gasteiger partial charge on any atom is 0.408 e. The van der Waals surface area contributed by atoms with E-state index in [0.717, 1.165) is 22.3 Å². The van der Waals surface area contributed by atoms with Gasteiger partial charge in [-0.2, -0.15) is 0 Å². The van der Waals surface area contributed by atoms with Crippen molar-refractivity contribution in [3.8, 4) is 5.75 Å². The van der Waals surface area contributed by atoms with Gasteiger partial charge in [0.1, 0.15) is 25.0 Å². The molecule has 194 valence electrons. The number of alkyl carbamates (subject to hydrolysis) is 1. The molecule has 4 aromatic rings. The van der Waals surface area contributed by atoms with E-state index >= 15 is 0 Å². The molecular formula is C31H30N2O5. The summed E-state index contributed by atoms with van der Waals surface area (Å²) in [6, 6.07) is 32.5. The predicted molar refractivity (Wildman–Crippen MR) is 144 cm³/mol. The molecule has 1 atom stereocenters. The Hall–Kier alpha value is -4.62. The van der Waals surface area contributed by atoms with Gasteiger partial charge in [0.05, 0.1) is 6.61 Å². The van der Waals surface area contributed by atoms with E-state index in [1.54, 1.807) is 30.3 Å². The molecule has 0 aliphatic heterocycles. The SMILES string of the molecule is O=C(N[C@H](C(=O)NCc1cccc(CO)c1)c1ccc(OCc2ccccc2)cc1)OCc1ccccc1. The van der Waals surface area contributed by atoms with Crippen LogP contribution in [0.25, 0.3) is 0 Å². The molecule has 7 nitrogen and oxygen atoms in total. The van der Waals surface area contributed by atoms with E-state index in [2.05, 4.69) is 10.6 Å². The topological polar surface area (TPSA) is 96.9 Å². The van der Waals surface area contributed by atoms with Crippen LogP contribution in [0.15, 0.2) is 109 Å². The number of nitrogens with one attached hydrogen (secondary N) is 2. The van der Waals surface area contributed by atoms with Gasteiger partial charge in [0, 0.05) is 6.54 Å². The number of aliphatic hydroxyl groups excluding tert-OH is 1. The lowest BCUT2D eigenvalue weighted by atomic mass is 10.1. The first kappa shape index (κ1) is 26.4. The van der Waals surface area contributed by atoms with Crippen LogP contribution in [-0.2, 0) is 35.9 Å². The van der Waals surface area contributed by atoms with Crippen molar-refractivity contribution in [2.45, 2.75) is 32.4 Å². The van der Waals surface area contributed by atoms with E-state index in [4.69, 9.17) is 9.47 Å². The summed E-state index contributed by atoms with van der Waals surface area (Å²) in [5.74, 6) is 0.248. The lowest BCUT2D eigenvalue weighted by molar-refractivity contribution is -0.123. The van der Waals surface area contributed by atoms with Crippen LogP contribution in [0.4, 0.5) is 4.79 Å². The fourth-order valence-corrected chi connectivity index (χ4v) is 3.81. The molecule has 0 heterocycles. The fourth-order valence-electron chi connectivity index (χ4n) is 3.81. The van der Waals surface area contributed by atoms with Crippen molar-refractivity contribution in [2.75, 3.05) is 0 Å².